The van der Waals surface area contributed by atoms with Crippen molar-refractivity contribution in [3.05, 3.63) is 35.9 Å². The molecule has 8 heteroatoms. The molecule has 1 N–H and O–H groups in total. The van der Waals surface area contributed by atoms with Gasteiger partial charge in [-0.05, 0) is 42.8 Å². The summed E-state index contributed by atoms with van der Waals surface area (Å²) in [5.74, 6) is 2.56. The molecule has 0 radical (unpaired) electrons. The summed E-state index contributed by atoms with van der Waals surface area (Å²) in [6.07, 6.45) is 0.942. The van der Waals surface area contributed by atoms with Crippen LogP contribution < -0.4 is 19.7 Å². The van der Waals surface area contributed by atoms with Crippen molar-refractivity contribution >= 4 is 17.5 Å². The molecule has 156 valence electrons. The van der Waals surface area contributed by atoms with Gasteiger partial charge in [0.25, 0.3) is 0 Å². The van der Waals surface area contributed by atoms with Crippen LogP contribution in [0.5, 0.6) is 11.5 Å². The zero-order valence-corrected chi connectivity index (χ0v) is 17.4. The summed E-state index contributed by atoms with van der Waals surface area (Å²) < 4.78 is 10.5. The van der Waals surface area contributed by atoms with Crippen LogP contribution in [0.2, 0.25) is 0 Å². The monoisotopic (exact) mass is 399 g/mol. The van der Waals surface area contributed by atoms with Crippen LogP contribution >= 0.6 is 0 Å². The molecule has 0 atom stereocenters. The predicted molar refractivity (Wildman–Crippen MR) is 113 cm³/mol. The Morgan fingerprint density at radius 2 is 1.79 bits per heavy atom. The van der Waals surface area contributed by atoms with Crippen LogP contribution in [-0.2, 0) is 11.2 Å². The topological polar surface area (TPSA) is 79.8 Å². The van der Waals surface area contributed by atoms with E-state index in [1.54, 1.807) is 14.2 Å². The summed E-state index contributed by atoms with van der Waals surface area (Å²) in [7, 11) is 3.20. The SMILES string of the molecule is CCN1CCN(c2ccc(NC(=O)CCc3ccc(OC)c(OC)c3)nn2)CC1. The van der Waals surface area contributed by atoms with Crippen LogP contribution in [-0.4, -0.2) is 67.9 Å². The van der Waals surface area contributed by atoms with Crippen LogP contribution in [0.3, 0.4) is 0 Å². The van der Waals surface area contributed by atoms with Gasteiger partial charge in [-0.25, -0.2) is 0 Å². The fraction of sp³-hybridized carbons (Fsp3) is 0.476. The number of anilines is 2. The van der Waals surface area contributed by atoms with Gasteiger partial charge in [0.2, 0.25) is 5.91 Å². The second-order valence-corrected chi connectivity index (χ2v) is 6.94. The number of rotatable bonds is 8. The van der Waals surface area contributed by atoms with E-state index in [2.05, 4.69) is 32.2 Å². The molecule has 3 rings (SSSR count). The van der Waals surface area contributed by atoms with Gasteiger partial charge in [0.05, 0.1) is 14.2 Å². The minimum absolute atomic E-state index is 0.0987. The lowest BCUT2D eigenvalue weighted by atomic mass is 10.1. The van der Waals surface area contributed by atoms with E-state index in [0.29, 0.717) is 30.2 Å². The third-order valence-electron chi connectivity index (χ3n) is 5.15. The largest absolute Gasteiger partial charge is 0.493 e. The van der Waals surface area contributed by atoms with Crippen LogP contribution in [0.25, 0.3) is 0 Å². The third-order valence-corrected chi connectivity index (χ3v) is 5.15. The molecular formula is C21H29N5O3. The van der Waals surface area contributed by atoms with Gasteiger partial charge in [-0.2, -0.15) is 0 Å². The maximum Gasteiger partial charge on any atom is 0.225 e. The molecule has 1 aliphatic heterocycles. The fourth-order valence-electron chi connectivity index (χ4n) is 3.35. The summed E-state index contributed by atoms with van der Waals surface area (Å²) in [4.78, 5) is 16.9. The number of nitrogens with one attached hydrogen (secondary N) is 1. The molecule has 1 aromatic heterocycles. The van der Waals surface area contributed by atoms with Crippen LogP contribution in [0.15, 0.2) is 30.3 Å². The van der Waals surface area contributed by atoms with Crippen LogP contribution in [0, 0.1) is 0 Å². The first-order chi connectivity index (χ1) is 14.1. The number of benzene rings is 1. The lowest BCUT2D eigenvalue weighted by molar-refractivity contribution is -0.116. The highest BCUT2D eigenvalue weighted by molar-refractivity contribution is 5.89. The number of carbonyl (C=O) groups excluding carboxylic acids is 1. The molecule has 8 nitrogen and oxygen atoms in total. The molecular weight excluding hydrogens is 370 g/mol. The van der Waals surface area contributed by atoms with E-state index in [4.69, 9.17) is 9.47 Å². The van der Waals surface area contributed by atoms with E-state index in [1.165, 1.54) is 0 Å². The van der Waals surface area contributed by atoms with Gasteiger partial charge in [-0.3, -0.25) is 4.79 Å². The zero-order chi connectivity index (χ0) is 20.6. The fourth-order valence-corrected chi connectivity index (χ4v) is 3.35. The quantitative estimate of drug-likeness (QED) is 0.729. The molecule has 1 aromatic carbocycles. The molecule has 0 aliphatic carbocycles. The second kappa shape index (κ2) is 10.1. The number of methoxy groups -OCH3 is 2. The average molecular weight is 399 g/mol. The van der Waals surface area contributed by atoms with Crippen molar-refractivity contribution in [3.8, 4) is 11.5 Å². The highest BCUT2D eigenvalue weighted by Crippen LogP contribution is 2.28. The average Bonchev–Trinajstić information content (AvgIpc) is 2.78. The molecule has 1 amide bonds. The number of carbonyl (C=O) groups is 1. The van der Waals surface area contributed by atoms with E-state index in [1.807, 2.05) is 30.3 Å². The molecule has 0 spiro atoms. The molecule has 2 aromatic rings. The molecule has 0 unspecified atom stereocenters. The molecule has 2 heterocycles. The number of hydrogen-bond donors (Lipinski definition) is 1. The van der Waals surface area contributed by atoms with Gasteiger partial charge in [0.1, 0.15) is 0 Å². The third kappa shape index (κ3) is 5.57. The van der Waals surface area contributed by atoms with Crippen molar-refractivity contribution in [1.29, 1.82) is 0 Å². The molecule has 0 bridgehead atoms. The summed E-state index contributed by atoms with van der Waals surface area (Å²) in [6, 6.07) is 9.39. The Morgan fingerprint density at radius 1 is 1.03 bits per heavy atom. The van der Waals surface area contributed by atoms with Crippen molar-refractivity contribution in [1.82, 2.24) is 15.1 Å². The van der Waals surface area contributed by atoms with Gasteiger partial charge in [-0.1, -0.05) is 13.0 Å². The Labute approximate surface area is 171 Å². The van der Waals surface area contributed by atoms with Crippen LogP contribution in [0.4, 0.5) is 11.6 Å². The number of nitrogens with zero attached hydrogens (tertiary/aromatic N) is 4. The van der Waals surface area contributed by atoms with E-state index < -0.39 is 0 Å². The first-order valence-corrected chi connectivity index (χ1v) is 9.94. The number of aromatic nitrogens is 2. The summed E-state index contributed by atoms with van der Waals surface area (Å²) in [6.45, 7) is 7.21. The highest BCUT2D eigenvalue weighted by Gasteiger charge is 2.17. The number of likely N-dealkylation sites (N-methyl/N-ethyl adjacent to an activating group) is 1. The van der Waals surface area contributed by atoms with Gasteiger partial charge in [0.15, 0.2) is 23.1 Å². The van der Waals surface area contributed by atoms with Gasteiger partial charge in [0, 0.05) is 32.6 Å². The smallest absolute Gasteiger partial charge is 0.225 e. The minimum Gasteiger partial charge on any atom is -0.493 e. The Kier molecular flexibility index (Phi) is 7.24. The van der Waals surface area contributed by atoms with Crippen molar-refractivity contribution in [2.75, 3.05) is 57.2 Å². The normalized spacial score (nSPS) is 14.5. The van der Waals surface area contributed by atoms with Crippen molar-refractivity contribution in [3.63, 3.8) is 0 Å². The van der Waals surface area contributed by atoms with Crippen molar-refractivity contribution in [2.45, 2.75) is 19.8 Å². The maximum absolute atomic E-state index is 12.3. The lowest BCUT2D eigenvalue weighted by Gasteiger charge is -2.34. The number of hydrogen-bond acceptors (Lipinski definition) is 7. The van der Waals surface area contributed by atoms with E-state index in [9.17, 15) is 4.79 Å². The van der Waals surface area contributed by atoms with Gasteiger partial charge < -0.3 is 24.6 Å². The maximum atomic E-state index is 12.3. The lowest BCUT2D eigenvalue weighted by Crippen LogP contribution is -2.46. The second-order valence-electron chi connectivity index (χ2n) is 6.94. The molecule has 0 saturated carbocycles. The first kappa shape index (κ1) is 20.9. The zero-order valence-electron chi connectivity index (χ0n) is 17.4. The van der Waals surface area contributed by atoms with Gasteiger partial charge >= 0.3 is 0 Å². The Morgan fingerprint density at radius 3 is 2.41 bits per heavy atom. The van der Waals surface area contributed by atoms with Crippen molar-refractivity contribution in [2.24, 2.45) is 0 Å². The number of piperazine rings is 1. The molecule has 1 fully saturated rings. The molecule has 29 heavy (non-hydrogen) atoms. The Hall–Kier alpha value is -2.87. The highest BCUT2D eigenvalue weighted by atomic mass is 16.5. The standard InChI is InChI=1S/C21H29N5O3/c1-4-25-11-13-26(14-12-25)20-9-8-19(23-24-20)22-21(27)10-6-16-5-7-17(28-2)18(15-16)29-3/h5,7-9,15H,4,6,10-14H2,1-3H3,(H,22,23,27). The summed E-state index contributed by atoms with van der Waals surface area (Å²) in [5, 5.41) is 11.3. The van der Waals surface area contributed by atoms with Crippen LogP contribution in [0.1, 0.15) is 18.9 Å². The Balaban J connectivity index is 1.49. The number of aryl methyl sites for hydroxylation is 1. The van der Waals surface area contributed by atoms with Gasteiger partial charge in [-0.15, -0.1) is 10.2 Å². The predicted octanol–water partition coefficient (Wildman–Crippen LogP) is 2.21. The van der Waals surface area contributed by atoms with E-state index in [0.717, 1.165) is 44.1 Å². The van der Waals surface area contributed by atoms with E-state index >= 15 is 0 Å². The summed E-state index contributed by atoms with van der Waals surface area (Å²) >= 11 is 0. The molecule has 1 saturated heterocycles. The number of amides is 1. The van der Waals surface area contributed by atoms with E-state index in [-0.39, 0.29) is 5.91 Å². The minimum atomic E-state index is -0.0987. The molecule has 1 aliphatic rings. The number of ether oxygens (including phenoxy) is 2. The first-order valence-electron chi connectivity index (χ1n) is 9.94. The summed E-state index contributed by atoms with van der Waals surface area (Å²) in [5.41, 5.74) is 1.01. The Bertz CT molecular complexity index is 804. The van der Waals surface area contributed by atoms with Crippen molar-refractivity contribution < 1.29 is 14.3 Å².